The molecule has 0 aromatic heterocycles. The second-order valence-corrected chi connectivity index (χ2v) is 16.0. The molecule has 0 radical (unpaired) electrons. The zero-order chi connectivity index (χ0) is 28.2. The van der Waals surface area contributed by atoms with Gasteiger partial charge in [0.25, 0.3) is 0 Å². The maximum atomic E-state index is 13.5. The molecule has 0 aromatic carbocycles. The van der Waals surface area contributed by atoms with E-state index in [9.17, 15) is 14.4 Å². The van der Waals surface area contributed by atoms with E-state index in [1.54, 1.807) is 7.11 Å². The van der Waals surface area contributed by atoms with Gasteiger partial charge < -0.3 is 9.53 Å². The first kappa shape index (κ1) is 28.1. The van der Waals surface area contributed by atoms with E-state index in [1.807, 2.05) is 6.92 Å². The molecule has 0 bridgehead atoms. The van der Waals surface area contributed by atoms with Gasteiger partial charge in [-0.05, 0) is 103 Å². The number of carbonyl (C=O) groups excluding carboxylic acids is 3. The number of allylic oxidation sites excluding steroid dienone is 2. The molecule has 4 nitrogen and oxygen atoms in total. The van der Waals surface area contributed by atoms with Crippen LogP contribution in [0.3, 0.4) is 0 Å². The van der Waals surface area contributed by atoms with Crippen LogP contribution in [0.5, 0.6) is 0 Å². The van der Waals surface area contributed by atoms with Gasteiger partial charge in [-0.15, -0.1) is 0 Å². The molecule has 0 amide bonds. The van der Waals surface area contributed by atoms with Gasteiger partial charge in [-0.25, -0.2) is 0 Å². The van der Waals surface area contributed by atoms with Gasteiger partial charge in [0.15, 0.2) is 0 Å². The second-order valence-electron chi connectivity index (χ2n) is 16.0. The molecule has 4 saturated carbocycles. The average Bonchev–Trinajstić information content (AvgIpc) is 2.87. The number of hydrogen-bond acceptors (Lipinski definition) is 4. The number of carbonyl (C=O) groups is 3. The zero-order valence-electron chi connectivity index (χ0n) is 25.6. The lowest BCUT2D eigenvalue weighted by Gasteiger charge is -2.77. The topological polar surface area (TPSA) is 60.4 Å². The van der Waals surface area contributed by atoms with Crippen molar-refractivity contribution in [2.45, 2.75) is 126 Å². The maximum absolute atomic E-state index is 13.5. The van der Waals surface area contributed by atoms with Crippen LogP contribution in [-0.2, 0) is 19.1 Å². The van der Waals surface area contributed by atoms with Crippen LogP contribution in [0.25, 0.3) is 0 Å². The van der Waals surface area contributed by atoms with Crippen molar-refractivity contribution in [3.8, 4) is 0 Å². The van der Waals surface area contributed by atoms with Crippen molar-refractivity contribution >= 4 is 18.0 Å². The SMILES string of the molecule is CCC1(C=O)C(=O)CCC2(C)C1(C)CCC1(C)C3(C)CCC4(C(=O)OC)CCC(C)(C)CC4C3=CCC12C. The fourth-order valence-corrected chi connectivity index (χ4v) is 11.8. The molecule has 5 aliphatic rings. The van der Waals surface area contributed by atoms with Crippen molar-refractivity contribution in [3.63, 3.8) is 0 Å². The molecular formula is C34H52O4. The maximum Gasteiger partial charge on any atom is 0.312 e. The number of fused-ring (bicyclic) bond motifs is 7. The first-order valence-corrected chi connectivity index (χ1v) is 15.3. The molecule has 5 aliphatic carbocycles. The predicted octanol–water partition coefficient (Wildman–Crippen LogP) is 7.88. The van der Waals surface area contributed by atoms with Crippen molar-refractivity contribution in [2.24, 2.45) is 49.2 Å². The molecule has 8 unspecified atom stereocenters. The first-order valence-electron chi connectivity index (χ1n) is 15.3. The van der Waals surface area contributed by atoms with Crippen LogP contribution in [0.4, 0.5) is 0 Å². The van der Waals surface area contributed by atoms with E-state index >= 15 is 0 Å². The van der Waals surface area contributed by atoms with Crippen molar-refractivity contribution in [2.75, 3.05) is 7.11 Å². The van der Waals surface area contributed by atoms with Gasteiger partial charge in [0.2, 0.25) is 0 Å². The predicted molar refractivity (Wildman–Crippen MR) is 150 cm³/mol. The van der Waals surface area contributed by atoms with E-state index < -0.39 is 10.8 Å². The lowest BCUT2D eigenvalue weighted by molar-refractivity contribution is -0.263. The summed E-state index contributed by atoms with van der Waals surface area (Å²) in [7, 11) is 1.57. The van der Waals surface area contributed by atoms with Crippen molar-refractivity contribution < 1.29 is 19.1 Å². The molecule has 8 atom stereocenters. The number of Topliss-reactive ketones (excluding diaryl/α,β-unsaturated/α-hetero) is 1. The molecule has 0 aromatic rings. The number of methoxy groups -OCH3 is 1. The van der Waals surface area contributed by atoms with Crippen molar-refractivity contribution in [1.29, 1.82) is 0 Å². The van der Waals surface area contributed by atoms with Gasteiger partial charge in [-0.3, -0.25) is 9.59 Å². The highest BCUT2D eigenvalue weighted by Crippen LogP contribution is 2.82. The van der Waals surface area contributed by atoms with Gasteiger partial charge in [0.1, 0.15) is 12.1 Å². The van der Waals surface area contributed by atoms with Crippen molar-refractivity contribution in [1.82, 2.24) is 0 Å². The van der Waals surface area contributed by atoms with Crippen LogP contribution in [0.15, 0.2) is 11.6 Å². The number of ketones is 1. The molecular weight excluding hydrogens is 472 g/mol. The third-order valence-corrected chi connectivity index (χ3v) is 15.2. The molecule has 212 valence electrons. The summed E-state index contributed by atoms with van der Waals surface area (Å²) < 4.78 is 5.51. The molecule has 0 heterocycles. The van der Waals surface area contributed by atoms with E-state index in [0.29, 0.717) is 12.8 Å². The summed E-state index contributed by atoms with van der Waals surface area (Å²) in [5.41, 5.74) is -0.182. The van der Waals surface area contributed by atoms with E-state index in [0.717, 1.165) is 64.1 Å². The fourth-order valence-electron chi connectivity index (χ4n) is 11.8. The minimum absolute atomic E-state index is 0.00493. The Kier molecular flexibility index (Phi) is 5.96. The van der Waals surface area contributed by atoms with E-state index in [-0.39, 0.29) is 50.2 Å². The fraction of sp³-hybridized carbons (Fsp3) is 0.853. The van der Waals surface area contributed by atoms with Gasteiger partial charge in [-0.1, -0.05) is 67.0 Å². The molecule has 38 heavy (non-hydrogen) atoms. The largest absolute Gasteiger partial charge is 0.469 e. The Hall–Kier alpha value is -1.45. The van der Waals surface area contributed by atoms with E-state index in [2.05, 4.69) is 54.5 Å². The van der Waals surface area contributed by atoms with Gasteiger partial charge in [-0.2, -0.15) is 0 Å². The van der Waals surface area contributed by atoms with E-state index in [1.165, 1.54) is 5.57 Å². The summed E-state index contributed by atoms with van der Waals surface area (Å²) in [6.45, 7) is 19.0. The molecule has 0 N–H and O–H groups in total. The normalized spacial score (nSPS) is 51.4. The summed E-state index contributed by atoms with van der Waals surface area (Å²) in [5.74, 6) is 0.370. The number of hydrogen-bond donors (Lipinski definition) is 0. The zero-order valence-corrected chi connectivity index (χ0v) is 25.6. The lowest BCUT2D eigenvalue weighted by Crippen LogP contribution is -2.73. The van der Waals surface area contributed by atoms with Crippen molar-refractivity contribution in [3.05, 3.63) is 11.6 Å². The monoisotopic (exact) mass is 524 g/mol. The summed E-state index contributed by atoms with van der Waals surface area (Å²) in [6.07, 6.45) is 13.3. The van der Waals surface area contributed by atoms with Crippen LogP contribution < -0.4 is 0 Å². The van der Waals surface area contributed by atoms with Gasteiger partial charge in [0, 0.05) is 6.42 Å². The third kappa shape index (κ3) is 2.81. The Morgan fingerprint density at radius 2 is 1.53 bits per heavy atom. The second kappa shape index (κ2) is 8.06. The number of esters is 1. The summed E-state index contributed by atoms with van der Waals surface area (Å²) in [6, 6.07) is 0. The van der Waals surface area contributed by atoms with Crippen LogP contribution in [0, 0.1) is 49.2 Å². The van der Waals surface area contributed by atoms with Gasteiger partial charge >= 0.3 is 5.97 Å². The Morgan fingerprint density at radius 3 is 2.13 bits per heavy atom. The highest BCUT2D eigenvalue weighted by Gasteiger charge is 2.77. The highest BCUT2D eigenvalue weighted by atomic mass is 16.5. The Morgan fingerprint density at radius 1 is 0.895 bits per heavy atom. The Bertz CT molecular complexity index is 1100. The standard InChI is InChI=1S/C34H52O4/c1-10-34(22-35)25(36)12-14-31(7)30(6)13-11-23-24-21-27(2,3)15-19-33(24,26(37)38-9)20-16-28(23,4)29(30,5)17-18-32(31,34)8/h11,22,24H,10,12-21H2,1-9H3. The average molecular weight is 525 g/mol. The molecule has 4 fully saturated rings. The smallest absolute Gasteiger partial charge is 0.312 e. The Labute approximate surface area is 231 Å². The number of ether oxygens (including phenoxy) is 1. The molecule has 0 aliphatic heterocycles. The first-order chi connectivity index (χ1) is 17.5. The minimum Gasteiger partial charge on any atom is -0.469 e. The Balaban J connectivity index is 1.69. The van der Waals surface area contributed by atoms with Crippen LogP contribution in [-0.4, -0.2) is 25.1 Å². The lowest BCUT2D eigenvalue weighted by atomic mass is 9.26. The van der Waals surface area contributed by atoms with Crippen LogP contribution in [0.2, 0.25) is 0 Å². The number of aldehydes is 1. The summed E-state index contributed by atoms with van der Waals surface area (Å²) in [4.78, 5) is 39.8. The molecule has 4 heteroatoms. The molecule has 0 saturated heterocycles. The van der Waals surface area contributed by atoms with Crippen LogP contribution in [0.1, 0.15) is 126 Å². The summed E-state index contributed by atoms with van der Waals surface area (Å²) >= 11 is 0. The van der Waals surface area contributed by atoms with E-state index in [4.69, 9.17) is 4.74 Å². The quantitative estimate of drug-likeness (QED) is 0.163. The van der Waals surface area contributed by atoms with Gasteiger partial charge in [0.05, 0.1) is 17.9 Å². The molecule has 0 spiro atoms. The number of rotatable bonds is 3. The molecule has 5 rings (SSSR count). The third-order valence-electron chi connectivity index (χ3n) is 15.2. The summed E-state index contributed by atoms with van der Waals surface area (Å²) in [5, 5.41) is 0. The highest BCUT2D eigenvalue weighted by molar-refractivity contribution is 6.00. The minimum atomic E-state index is -0.894. The van der Waals surface area contributed by atoms with Crippen LogP contribution >= 0.6 is 0 Å².